The molecule has 0 aliphatic carbocycles. The number of benzene rings is 1. The monoisotopic (exact) mass is 269 g/mol. The second kappa shape index (κ2) is 5.79. The zero-order valence-corrected chi connectivity index (χ0v) is 11.0. The molecule has 2 N–H and O–H groups in total. The largest absolute Gasteiger partial charge is 0.481 e. The highest BCUT2D eigenvalue weighted by Gasteiger charge is 2.18. The van der Waals surface area contributed by atoms with E-state index in [9.17, 15) is 14.0 Å². The maximum Gasteiger partial charge on any atom is 0.307 e. The highest BCUT2D eigenvalue weighted by molar-refractivity contribution is 5.96. The zero-order chi connectivity index (χ0) is 14.6. The van der Waals surface area contributed by atoms with Crippen molar-refractivity contribution < 1.29 is 23.9 Å². The Morgan fingerprint density at radius 1 is 1.37 bits per heavy atom. The van der Waals surface area contributed by atoms with Gasteiger partial charge < -0.3 is 5.11 Å². The lowest BCUT2D eigenvalue weighted by Gasteiger charge is -2.19. The van der Waals surface area contributed by atoms with Gasteiger partial charge in [0.05, 0.1) is 12.0 Å². The summed E-state index contributed by atoms with van der Waals surface area (Å²) in [5.41, 5.74) is 1.81. The Kier molecular flexibility index (Phi) is 4.61. The summed E-state index contributed by atoms with van der Waals surface area (Å²) in [4.78, 5) is 27.6. The fourth-order valence-corrected chi connectivity index (χ4v) is 1.35. The van der Waals surface area contributed by atoms with Crippen LogP contribution in [0.15, 0.2) is 18.2 Å². The first kappa shape index (κ1) is 15.1. The van der Waals surface area contributed by atoms with Crippen LogP contribution in [0, 0.1) is 5.82 Å². The molecule has 6 heteroatoms. The summed E-state index contributed by atoms with van der Waals surface area (Å²) in [7, 11) is 0. The van der Waals surface area contributed by atoms with Crippen molar-refractivity contribution in [1.82, 2.24) is 5.48 Å². The molecule has 1 aromatic rings. The smallest absolute Gasteiger partial charge is 0.307 e. The van der Waals surface area contributed by atoms with Crippen molar-refractivity contribution in [1.29, 1.82) is 0 Å². The van der Waals surface area contributed by atoms with E-state index in [1.165, 1.54) is 6.07 Å². The maximum absolute atomic E-state index is 13.1. The highest BCUT2D eigenvalue weighted by Crippen LogP contribution is 2.13. The average Bonchev–Trinajstić information content (AvgIpc) is 2.24. The summed E-state index contributed by atoms with van der Waals surface area (Å²) in [6.07, 6.45) is -0.434. The van der Waals surface area contributed by atoms with E-state index in [0.717, 1.165) is 12.1 Å². The Hall–Kier alpha value is -1.95. The summed E-state index contributed by atoms with van der Waals surface area (Å²) >= 11 is 0. The third-order valence-electron chi connectivity index (χ3n) is 2.10. The van der Waals surface area contributed by atoms with Gasteiger partial charge in [-0.05, 0) is 44.5 Å². The van der Waals surface area contributed by atoms with Crippen molar-refractivity contribution in [3.05, 3.63) is 35.1 Å². The Bertz CT molecular complexity index is 494. The topological polar surface area (TPSA) is 75.6 Å². The van der Waals surface area contributed by atoms with Crippen molar-refractivity contribution in [3.63, 3.8) is 0 Å². The van der Waals surface area contributed by atoms with Gasteiger partial charge in [-0.3, -0.25) is 14.4 Å². The molecule has 0 spiro atoms. The molecule has 0 radical (unpaired) electrons. The molecule has 0 aromatic heterocycles. The van der Waals surface area contributed by atoms with E-state index >= 15 is 0 Å². The first-order valence-corrected chi connectivity index (χ1v) is 5.67. The van der Waals surface area contributed by atoms with Crippen LogP contribution in [0.25, 0.3) is 0 Å². The van der Waals surface area contributed by atoms with Gasteiger partial charge in [-0.25, -0.2) is 9.87 Å². The number of carboxylic acids is 1. The van der Waals surface area contributed by atoms with E-state index in [4.69, 9.17) is 9.94 Å². The molecular weight excluding hydrogens is 253 g/mol. The summed E-state index contributed by atoms with van der Waals surface area (Å²) in [6.45, 7) is 5.24. The van der Waals surface area contributed by atoms with Crippen molar-refractivity contribution >= 4 is 11.9 Å². The number of carbonyl (C=O) groups excluding carboxylic acids is 1. The van der Waals surface area contributed by atoms with Crippen LogP contribution in [0.5, 0.6) is 0 Å². The molecule has 1 aromatic carbocycles. The molecule has 5 nitrogen and oxygen atoms in total. The molecule has 104 valence electrons. The van der Waals surface area contributed by atoms with Crippen LogP contribution < -0.4 is 5.48 Å². The van der Waals surface area contributed by atoms with E-state index in [2.05, 4.69) is 5.48 Å². The predicted molar refractivity (Wildman–Crippen MR) is 66.0 cm³/mol. The number of nitrogens with one attached hydrogen (secondary N) is 1. The number of aliphatic carboxylic acids is 1. The first-order chi connectivity index (χ1) is 8.69. The van der Waals surface area contributed by atoms with Gasteiger partial charge in [-0.1, -0.05) is 0 Å². The van der Waals surface area contributed by atoms with Crippen LogP contribution >= 0.6 is 0 Å². The van der Waals surface area contributed by atoms with E-state index in [1.54, 1.807) is 20.8 Å². The second-order valence-corrected chi connectivity index (χ2v) is 5.02. The fourth-order valence-electron chi connectivity index (χ4n) is 1.35. The number of hydroxylamine groups is 1. The van der Waals surface area contributed by atoms with Crippen LogP contribution in [0.2, 0.25) is 0 Å². The Morgan fingerprint density at radius 2 is 2.00 bits per heavy atom. The third-order valence-corrected chi connectivity index (χ3v) is 2.10. The van der Waals surface area contributed by atoms with Crippen LogP contribution in [-0.2, 0) is 16.1 Å². The molecule has 0 bridgehead atoms. The lowest BCUT2D eigenvalue weighted by Crippen LogP contribution is -2.34. The minimum atomic E-state index is -1.14. The molecule has 0 unspecified atom stereocenters. The third kappa shape index (κ3) is 5.05. The molecule has 0 atom stereocenters. The molecule has 1 rings (SSSR count). The van der Waals surface area contributed by atoms with Gasteiger partial charge >= 0.3 is 5.97 Å². The van der Waals surface area contributed by atoms with Crippen molar-refractivity contribution in [2.24, 2.45) is 0 Å². The van der Waals surface area contributed by atoms with Crippen LogP contribution in [0.1, 0.15) is 36.7 Å². The minimum absolute atomic E-state index is 0.0769. The highest BCUT2D eigenvalue weighted by atomic mass is 19.1. The zero-order valence-electron chi connectivity index (χ0n) is 11.0. The Labute approximate surface area is 110 Å². The van der Waals surface area contributed by atoms with Gasteiger partial charge in [0.25, 0.3) is 5.91 Å². The molecule has 0 heterocycles. The molecule has 0 aliphatic heterocycles. The predicted octanol–water partition coefficient (Wildman–Crippen LogP) is 1.91. The summed E-state index contributed by atoms with van der Waals surface area (Å²) in [5.74, 6) is -2.34. The number of carboxylic acid groups (broad SMARTS) is 1. The Morgan fingerprint density at radius 3 is 2.53 bits per heavy atom. The standard InChI is InChI=1S/C13H16FNO4/c1-13(2,3)19-15-12(18)10-5-4-9(14)6-8(10)7-11(16)17/h4-6H,7H2,1-3H3,(H,15,18)(H,16,17). The fraction of sp³-hybridized carbons (Fsp3) is 0.385. The first-order valence-electron chi connectivity index (χ1n) is 5.67. The Balaban J connectivity index is 2.92. The number of halogens is 1. The number of rotatable bonds is 4. The van der Waals surface area contributed by atoms with Crippen LogP contribution in [0.3, 0.4) is 0 Å². The minimum Gasteiger partial charge on any atom is -0.481 e. The van der Waals surface area contributed by atoms with Gasteiger partial charge in [-0.2, -0.15) is 0 Å². The van der Waals surface area contributed by atoms with Gasteiger partial charge in [0.1, 0.15) is 5.82 Å². The molecule has 1 amide bonds. The van der Waals surface area contributed by atoms with Crippen LogP contribution in [-0.4, -0.2) is 22.6 Å². The SMILES string of the molecule is CC(C)(C)ONC(=O)c1ccc(F)cc1CC(=O)O. The number of amides is 1. The van der Waals surface area contributed by atoms with Crippen molar-refractivity contribution in [3.8, 4) is 0 Å². The van der Waals surface area contributed by atoms with Gasteiger partial charge in [0.2, 0.25) is 0 Å². The average molecular weight is 269 g/mol. The lowest BCUT2D eigenvalue weighted by atomic mass is 10.0. The summed E-state index contributed by atoms with van der Waals surface area (Å²) < 4.78 is 13.1. The van der Waals surface area contributed by atoms with E-state index < -0.39 is 29.7 Å². The van der Waals surface area contributed by atoms with Gasteiger partial charge in [-0.15, -0.1) is 0 Å². The summed E-state index contributed by atoms with van der Waals surface area (Å²) in [5, 5.41) is 8.74. The van der Waals surface area contributed by atoms with E-state index in [-0.39, 0.29) is 11.1 Å². The maximum atomic E-state index is 13.1. The number of hydrogen-bond acceptors (Lipinski definition) is 3. The van der Waals surface area contributed by atoms with E-state index in [1.807, 2.05) is 0 Å². The lowest BCUT2D eigenvalue weighted by molar-refractivity contribution is -0.136. The quantitative estimate of drug-likeness (QED) is 0.819. The normalized spacial score (nSPS) is 11.2. The second-order valence-electron chi connectivity index (χ2n) is 5.02. The molecule has 0 fully saturated rings. The molecule has 19 heavy (non-hydrogen) atoms. The number of hydrogen-bond donors (Lipinski definition) is 2. The van der Waals surface area contributed by atoms with E-state index in [0.29, 0.717) is 0 Å². The number of carbonyl (C=O) groups is 2. The van der Waals surface area contributed by atoms with Crippen molar-refractivity contribution in [2.75, 3.05) is 0 Å². The molecule has 0 saturated heterocycles. The summed E-state index contributed by atoms with van der Waals surface area (Å²) in [6, 6.07) is 3.35. The molecule has 0 saturated carbocycles. The van der Waals surface area contributed by atoms with Crippen molar-refractivity contribution in [2.45, 2.75) is 32.8 Å². The molecular formula is C13H16FNO4. The van der Waals surface area contributed by atoms with Gasteiger partial charge in [0.15, 0.2) is 0 Å². The van der Waals surface area contributed by atoms with Crippen LogP contribution in [0.4, 0.5) is 4.39 Å². The van der Waals surface area contributed by atoms with Gasteiger partial charge in [0, 0.05) is 5.56 Å². The molecule has 0 aliphatic rings.